The predicted octanol–water partition coefficient (Wildman–Crippen LogP) is 1.20. The Bertz CT molecular complexity index is 303. The van der Waals surface area contributed by atoms with E-state index < -0.39 is 0 Å². The average Bonchev–Trinajstić information content (AvgIpc) is 2.75. The van der Waals surface area contributed by atoms with Gasteiger partial charge in [-0.2, -0.15) is 4.98 Å². The number of methoxy groups -OCH3 is 1. The quantitative estimate of drug-likeness (QED) is 0.756. The molecule has 0 aliphatic carbocycles. The van der Waals surface area contributed by atoms with E-state index in [-0.39, 0.29) is 12.1 Å². The van der Waals surface area contributed by atoms with Crippen molar-refractivity contribution in [3.63, 3.8) is 0 Å². The summed E-state index contributed by atoms with van der Waals surface area (Å²) in [6.07, 6.45) is 0.485. The number of rotatable bonds is 7. The van der Waals surface area contributed by atoms with Crippen molar-refractivity contribution in [3.8, 4) is 0 Å². The van der Waals surface area contributed by atoms with Crippen molar-refractivity contribution >= 4 is 0 Å². The molecule has 1 rings (SSSR count). The van der Waals surface area contributed by atoms with Gasteiger partial charge in [0.25, 0.3) is 0 Å². The summed E-state index contributed by atoms with van der Waals surface area (Å²) in [5.41, 5.74) is 5.85. The summed E-state index contributed by atoms with van der Waals surface area (Å²) in [5.74, 6) is 0.961. The smallest absolute Gasteiger partial charge is 0.243 e. The number of hydrogen-bond acceptors (Lipinski definition) is 6. The lowest BCUT2D eigenvalue weighted by Gasteiger charge is -2.06. The van der Waals surface area contributed by atoms with E-state index in [1.807, 2.05) is 13.8 Å². The predicted molar refractivity (Wildman–Crippen MR) is 57.8 cm³/mol. The number of aromatic nitrogens is 2. The molecular weight excluding hydrogens is 210 g/mol. The Morgan fingerprint density at radius 3 is 2.88 bits per heavy atom. The molecule has 6 heteroatoms. The summed E-state index contributed by atoms with van der Waals surface area (Å²) < 4.78 is 15.4. The van der Waals surface area contributed by atoms with Crippen LogP contribution in [0.2, 0.25) is 0 Å². The van der Waals surface area contributed by atoms with Crippen LogP contribution in [0.15, 0.2) is 4.52 Å². The lowest BCUT2D eigenvalue weighted by atomic mass is 10.2. The third kappa shape index (κ3) is 3.55. The van der Waals surface area contributed by atoms with Gasteiger partial charge < -0.3 is 19.7 Å². The second-order valence-electron chi connectivity index (χ2n) is 3.48. The topological polar surface area (TPSA) is 83.4 Å². The lowest BCUT2D eigenvalue weighted by Crippen LogP contribution is -2.13. The van der Waals surface area contributed by atoms with E-state index in [2.05, 4.69) is 10.1 Å². The first-order chi connectivity index (χ1) is 7.69. The highest BCUT2D eigenvalue weighted by atomic mass is 16.5. The molecule has 1 aromatic heterocycles. The summed E-state index contributed by atoms with van der Waals surface area (Å²) >= 11 is 0. The number of nitrogens with zero attached hydrogens (tertiary/aromatic N) is 2. The SMILES string of the molecule is CCOC(C)c1noc(C(N)CCOC)n1. The molecule has 0 bridgehead atoms. The van der Waals surface area contributed by atoms with Gasteiger partial charge in [0.2, 0.25) is 5.89 Å². The number of ether oxygens (including phenoxy) is 2. The van der Waals surface area contributed by atoms with Gasteiger partial charge in [-0.15, -0.1) is 0 Å². The first-order valence-electron chi connectivity index (χ1n) is 5.38. The van der Waals surface area contributed by atoms with E-state index in [0.29, 0.717) is 31.3 Å². The van der Waals surface area contributed by atoms with Gasteiger partial charge in [0, 0.05) is 20.3 Å². The van der Waals surface area contributed by atoms with E-state index in [1.54, 1.807) is 7.11 Å². The van der Waals surface area contributed by atoms with Crippen molar-refractivity contribution in [1.82, 2.24) is 10.1 Å². The highest BCUT2D eigenvalue weighted by Crippen LogP contribution is 2.17. The van der Waals surface area contributed by atoms with Gasteiger partial charge in [0.05, 0.1) is 6.04 Å². The minimum atomic E-state index is -0.282. The van der Waals surface area contributed by atoms with Crippen molar-refractivity contribution in [3.05, 3.63) is 11.7 Å². The van der Waals surface area contributed by atoms with Gasteiger partial charge >= 0.3 is 0 Å². The maximum Gasteiger partial charge on any atom is 0.243 e. The molecular formula is C10H19N3O3. The summed E-state index contributed by atoms with van der Waals surface area (Å²) in [6, 6.07) is -0.282. The fourth-order valence-electron chi connectivity index (χ4n) is 1.26. The number of nitrogens with two attached hydrogens (primary N) is 1. The molecule has 16 heavy (non-hydrogen) atoms. The molecule has 0 aliphatic rings. The Morgan fingerprint density at radius 2 is 2.25 bits per heavy atom. The minimum Gasteiger partial charge on any atom is -0.385 e. The normalized spacial score (nSPS) is 15.0. The van der Waals surface area contributed by atoms with E-state index >= 15 is 0 Å². The van der Waals surface area contributed by atoms with Crippen molar-refractivity contribution in [2.45, 2.75) is 32.4 Å². The van der Waals surface area contributed by atoms with Crippen molar-refractivity contribution in [2.75, 3.05) is 20.3 Å². The third-order valence-corrected chi connectivity index (χ3v) is 2.19. The molecule has 0 fully saturated rings. The molecule has 6 nitrogen and oxygen atoms in total. The maximum atomic E-state index is 5.85. The Kier molecular flexibility index (Phi) is 5.37. The molecule has 0 aromatic carbocycles. The Hall–Kier alpha value is -0.980. The highest BCUT2D eigenvalue weighted by Gasteiger charge is 2.18. The van der Waals surface area contributed by atoms with Crippen LogP contribution in [0.5, 0.6) is 0 Å². The molecule has 0 spiro atoms. The first kappa shape index (κ1) is 13.1. The van der Waals surface area contributed by atoms with E-state index in [4.69, 9.17) is 19.7 Å². The monoisotopic (exact) mass is 229 g/mol. The van der Waals surface area contributed by atoms with Crippen LogP contribution >= 0.6 is 0 Å². The van der Waals surface area contributed by atoms with Gasteiger partial charge in [-0.05, 0) is 20.3 Å². The fraction of sp³-hybridized carbons (Fsp3) is 0.800. The van der Waals surface area contributed by atoms with Gasteiger partial charge in [-0.25, -0.2) is 0 Å². The highest BCUT2D eigenvalue weighted by molar-refractivity contribution is 4.94. The van der Waals surface area contributed by atoms with Crippen LogP contribution in [0.3, 0.4) is 0 Å². The Labute approximate surface area is 95.1 Å². The summed E-state index contributed by atoms with van der Waals surface area (Å²) in [4.78, 5) is 4.20. The van der Waals surface area contributed by atoms with E-state index in [0.717, 1.165) is 0 Å². The Balaban J connectivity index is 2.56. The van der Waals surface area contributed by atoms with Gasteiger partial charge in [0.1, 0.15) is 6.10 Å². The molecule has 0 amide bonds. The van der Waals surface area contributed by atoms with Crippen molar-refractivity contribution < 1.29 is 14.0 Å². The molecule has 1 aromatic rings. The molecule has 2 atom stereocenters. The van der Waals surface area contributed by atoms with Crippen LogP contribution in [-0.2, 0) is 9.47 Å². The fourth-order valence-corrected chi connectivity index (χ4v) is 1.26. The third-order valence-electron chi connectivity index (χ3n) is 2.19. The second-order valence-corrected chi connectivity index (χ2v) is 3.48. The van der Waals surface area contributed by atoms with Crippen molar-refractivity contribution in [2.24, 2.45) is 5.73 Å². The minimum absolute atomic E-state index is 0.169. The zero-order valence-electron chi connectivity index (χ0n) is 9.97. The molecule has 92 valence electrons. The zero-order chi connectivity index (χ0) is 12.0. The van der Waals surface area contributed by atoms with Crippen LogP contribution in [0.25, 0.3) is 0 Å². The molecule has 2 unspecified atom stereocenters. The van der Waals surface area contributed by atoms with Gasteiger partial charge in [0.15, 0.2) is 5.82 Å². The van der Waals surface area contributed by atoms with Crippen LogP contribution in [0, 0.1) is 0 Å². The first-order valence-corrected chi connectivity index (χ1v) is 5.38. The molecule has 0 radical (unpaired) electrons. The molecule has 0 aliphatic heterocycles. The van der Waals surface area contributed by atoms with Crippen LogP contribution in [0.4, 0.5) is 0 Å². The van der Waals surface area contributed by atoms with E-state index in [9.17, 15) is 0 Å². The summed E-state index contributed by atoms with van der Waals surface area (Å²) in [7, 11) is 1.63. The summed E-state index contributed by atoms with van der Waals surface area (Å²) in [5, 5.41) is 3.83. The van der Waals surface area contributed by atoms with Crippen LogP contribution < -0.4 is 5.73 Å². The Morgan fingerprint density at radius 1 is 1.50 bits per heavy atom. The van der Waals surface area contributed by atoms with Gasteiger partial charge in [-0.1, -0.05) is 5.16 Å². The van der Waals surface area contributed by atoms with Crippen LogP contribution in [0.1, 0.15) is 44.1 Å². The molecule has 1 heterocycles. The standard InChI is InChI=1S/C10H19N3O3/c1-4-15-7(2)9-12-10(16-13-9)8(11)5-6-14-3/h7-8H,4-6,11H2,1-3H3. The van der Waals surface area contributed by atoms with Crippen molar-refractivity contribution in [1.29, 1.82) is 0 Å². The lowest BCUT2D eigenvalue weighted by molar-refractivity contribution is 0.0683. The van der Waals surface area contributed by atoms with Crippen LogP contribution in [-0.4, -0.2) is 30.5 Å². The summed E-state index contributed by atoms with van der Waals surface area (Å²) in [6.45, 7) is 4.97. The van der Waals surface area contributed by atoms with E-state index in [1.165, 1.54) is 0 Å². The molecule has 0 saturated carbocycles. The zero-order valence-corrected chi connectivity index (χ0v) is 9.97. The number of hydrogen-bond donors (Lipinski definition) is 1. The maximum absolute atomic E-state index is 5.85. The van der Waals surface area contributed by atoms with Gasteiger partial charge in [-0.3, -0.25) is 0 Å². The second kappa shape index (κ2) is 6.57. The average molecular weight is 229 g/mol. The molecule has 2 N–H and O–H groups in total. The molecule has 0 saturated heterocycles. The largest absolute Gasteiger partial charge is 0.385 e.